The Kier molecular flexibility index (Phi) is 8.71. The van der Waals surface area contributed by atoms with Crippen LogP contribution in [0, 0.1) is 0 Å². The average molecular weight is 263 g/mol. The van der Waals surface area contributed by atoms with Crippen LogP contribution in [0.2, 0.25) is 0 Å². The van der Waals surface area contributed by atoms with Gasteiger partial charge in [0.1, 0.15) is 0 Å². The van der Waals surface area contributed by atoms with Crippen LogP contribution in [0.15, 0.2) is 12.7 Å². The van der Waals surface area contributed by atoms with Crippen LogP contribution in [0.4, 0.5) is 0 Å². The topological polar surface area (TPSA) is 74.5 Å². The van der Waals surface area contributed by atoms with Crippen LogP contribution < -0.4 is 0 Å². The quantitative estimate of drug-likeness (QED) is 0.250. The second kappa shape index (κ2) is 9.18. The summed E-state index contributed by atoms with van der Waals surface area (Å²) in [5.41, 5.74) is 0. The number of hydrogen-bond acceptors (Lipinski definition) is 3. The average Bonchev–Trinajstić information content (AvgIpc) is 3.02. The van der Waals surface area contributed by atoms with Crippen LogP contribution in [0.3, 0.4) is 0 Å². The molecule has 0 aromatic heterocycles. The highest BCUT2D eigenvalue weighted by Crippen LogP contribution is 2.23. The third-order valence-corrected chi connectivity index (χ3v) is 2.56. The van der Waals surface area contributed by atoms with Crippen LogP contribution >= 0.6 is 0 Å². The molecule has 0 aromatic rings. The monoisotopic (exact) mass is 263 g/mol. The molecule has 0 spiro atoms. The van der Waals surface area contributed by atoms with Crippen LogP contribution in [0.5, 0.6) is 0 Å². The van der Waals surface area contributed by atoms with E-state index in [0.29, 0.717) is 6.04 Å². The highest BCUT2D eigenvalue weighted by atomic mass is 32.2. The zero-order valence-electron chi connectivity index (χ0n) is 10.2. The molecule has 5 nitrogen and oxygen atoms in total. The molecule has 1 unspecified atom stereocenters. The molecule has 0 bridgehead atoms. The summed E-state index contributed by atoms with van der Waals surface area (Å²) >= 11 is 0. The van der Waals surface area contributed by atoms with Gasteiger partial charge in [-0.25, -0.2) is 8.42 Å². The molecule has 0 aliphatic carbocycles. The maximum atomic E-state index is 11.1. The van der Waals surface area contributed by atoms with Gasteiger partial charge in [0.15, 0.2) is 0 Å². The van der Waals surface area contributed by atoms with Gasteiger partial charge in [0, 0.05) is 12.6 Å². The van der Waals surface area contributed by atoms with Gasteiger partial charge >= 0.3 is 0 Å². The van der Waals surface area contributed by atoms with Crippen LogP contribution in [0.1, 0.15) is 39.0 Å². The molecule has 1 rings (SSSR count). The molecule has 1 heterocycles. The fourth-order valence-electron chi connectivity index (χ4n) is 1.62. The van der Waals surface area contributed by atoms with Crippen molar-refractivity contribution < 1.29 is 17.8 Å². The molecule has 1 atom stereocenters. The van der Waals surface area contributed by atoms with Crippen molar-refractivity contribution in [1.29, 1.82) is 0 Å². The van der Waals surface area contributed by atoms with Gasteiger partial charge in [-0.1, -0.05) is 39.2 Å². The van der Waals surface area contributed by atoms with Crippen molar-refractivity contribution in [2.24, 2.45) is 0 Å². The second-order valence-corrected chi connectivity index (χ2v) is 4.41. The van der Waals surface area contributed by atoms with Gasteiger partial charge in [-0.2, -0.15) is 0 Å². The van der Waals surface area contributed by atoms with E-state index in [9.17, 15) is 4.79 Å². The lowest BCUT2D eigenvalue weighted by Gasteiger charge is -2.00. The normalized spacial score (nSPS) is 17.4. The minimum Gasteiger partial charge on any atom is -0.332 e. The van der Waals surface area contributed by atoms with E-state index in [1.807, 2.05) is 4.90 Å². The fraction of sp³-hybridized carbons (Fsp3) is 0.727. The Morgan fingerprint density at radius 2 is 2.06 bits per heavy atom. The van der Waals surface area contributed by atoms with E-state index < -0.39 is 11.0 Å². The van der Waals surface area contributed by atoms with E-state index in [-0.39, 0.29) is 5.91 Å². The largest absolute Gasteiger partial charge is 0.332 e. The lowest BCUT2D eigenvalue weighted by molar-refractivity contribution is -0.121. The summed E-state index contributed by atoms with van der Waals surface area (Å²) in [7, 11) is -3.12. The summed E-state index contributed by atoms with van der Waals surface area (Å²) in [6, 6.07) is 0.530. The Hall–Kier alpha value is -0.880. The lowest BCUT2D eigenvalue weighted by Crippen LogP contribution is -2.09. The van der Waals surface area contributed by atoms with Crippen molar-refractivity contribution in [1.82, 2.24) is 4.90 Å². The molecule has 0 radical (unpaired) electrons. The first-order valence-corrected chi connectivity index (χ1v) is 6.92. The molecule has 17 heavy (non-hydrogen) atoms. The van der Waals surface area contributed by atoms with Crippen molar-refractivity contribution in [3.63, 3.8) is 0 Å². The number of unbranched alkanes of at least 4 members (excludes halogenated alkanes) is 3. The first kappa shape index (κ1) is 16.1. The highest BCUT2D eigenvalue weighted by molar-refractivity contribution is 7.66. The van der Waals surface area contributed by atoms with E-state index in [1.54, 1.807) is 0 Å². The van der Waals surface area contributed by atoms with E-state index in [0.717, 1.165) is 6.54 Å². The molecule has 1 aliphatic heterocycles. The summed E-state index contributed by atoms with van der Waals surface area (Å²) in [4.78, 5) is 13.0. The maximum Gasteiger partial charge on any atom is 0.254 e. The third kappa shape index (κ3) is 8.88. The maximum absolute atomic E-state index is 11.1. The zero-order valence-corrected chi connectivity index (χ0v) is 11.1. The van der Waals surface area contributed by atoms with Gasteiger partial charge < -0.3 is 4.90 Å². The number of rotatable bonds is 6. The van der Waals surface area contributed by atoms with Crippen LogP contribution in [0.25, 0.3) is 0 Å². The Morgan fingerprint density at radius 1 is 1.47 bits per heavy atom. The van der Waals surface area contributed by atoms with Gasteiger partial charge in [0.25, 0.3) is 11.0 Å². The smallest absolute Gasteiger partial charge is 0.254 e. The van der Waals surface area contributed by atoms with Gasteiger partial charge in [-0.15, -0.1) is 0 Å². The number of nitrogens with zero attached hydrogens (tertiary/aromatic N) is 1. The second-order valence-electron chi connectivity index (χ2n) is 3.94. The van der Waals surface area contributed by atoms with Crippen molar-refractivity contribution in [2.75, 3.05) is 6.54 Å². The number of carbonyl (C=O) groups excluding carboxylic acids is 1. The van der Waals surface area contributed by atoms with E-state index in [1.165, 1.54) is 38.2 Å². The summed E-state index contributed by atoms with van der Waals surface area (Å²) in [5.74, 6) is 0.0977. The van der Waals surface area contributed by atoms with Crippen molar-refractivity contribution in [3.05, 3.63) is 12.7 Å². The Labute approximate surface area is 104 Å². The molecule has 0 aromatic carbocycles. The number of thiol groups is 1. The first-order valence-electron chi connectivity index (χ1n) is 5.79. The highest BCUT2D eigenvalue weighted by Gasteiger charge is 2.35. The van der Waals surface area contributed by atoms with Crippen LogP contribution in [-0.2, 0) is 15.8 Å². The number of amides is 1. The molecule has 1 amide bonds. The van der Waals surface area contributed by atoms with E-state index >= 15 is 0 Å². The minimum atomic E-state index is -3.12. The molecule has 1 aliphatic rings. The first-order chi connectivity index (χ1) is 8.02. The predicted molar refractivity (Wildman–Crippen MR) is 67.4 cm³/mol. The Bertz CT molecular complexity index is 307. The number of hydrogen-bond donors (Lipinski definition) is 2. The fourth-order valence-corrected chi connectivity index (χ4v) is 1.62. The molecule has 1 N–H and O–H groups in total. The van der Waals surface area contributed by atoms with Gasteiger partial charge in [0.05, 0.1) is 0 Å². The van der Waals surface area contributed by atoms with Crippen LogP contribution in [-0.4, -0.2) is 36.4 Å². The minimum absolute atomic E-state index is 0.0977. The Balaban J connectivity index is 0.000000557. The van der Waals surface area contributed by atoms with Gasteiger partial charge in [0.2, 0.25) is 5.91 Å². The molecule has 0 saturated carbocycles. The summed E-state index contributed by atoms with van der Waals surface area (Å²) < 4.78 is 24.2. The predicted octanol–water partition coefficient (Wildman–Crippen LogP) is 1.42. The van der Waals surface area contributed by atoms with E-state index in [2.05, 4.69) is 13.5 Å². The van der Waals surface area contributed by atoms with Gasteiger partial charge in [-0.3, -0.25) is 9.35 Å². The molecule has 1 saturated heterocycles. The third-order valence-electron chi connectivity index (χ3n) is 2.56. The summed E-state index contributed by atoms with van der Waals surface area (Å²) in [5, 5.41) is 0. The molecular weight excluding hydrogens is 242 g/mol. The van der Waals surface area contributed by atoms with Crippen molar-refractivity contribution in [3.8, 4) is 0 Å². The van der Waals surface area contributed by atoms with Gasteiger partial charge in [-0.05, 0) is 12.5 Å². The SMILES string of the molecule is C=CC(=O)N1CC1CCCCCC.O=[SH](=O)O. The molecule has 6 heteroatoms. The molecule has 100 valence electrons. The summed E-state index contributed by atoms with van der Waals surface area (Å²) in [6.07, 6.45) is 7.76. The Morgan fingerprint density at radius 3 is 2.53 bits per heavy atom. The van der Waals surface area contributed by atoms with Crippen molar-refractivity contribution in [2.45, 2.75) is 45.1 Å². The molecule has 1 fully saturated rings. The molecular formula is C11H21NO4S. The lowest BCUT2D eigenvalue weighted by atomic mass is 10.1. The van der Waals surface area contributed by atoms with E-state index in [4.69, 9.17) is 13.0 Å². The standard InChI is InChI=1S/C11H19NO.H2O3S/c1-3-5-6-7-8-10-9-12(10)11(13)4-2;1-4(2)3/h4,10H,2-3,5-9H2,1H3;4H,(H,1,2,3). The summed E-state index contributed by atoms with van der Waals surface area (Å²) in [6.45, 7) is 6.64. The zero-order chi connectivity index (χ0) is 13.3. The van der Waals surface area contributed by atoms with Crippen molar-refractivity contribution >= 4 is 16.9 Å². The number of carbonyl (C=O) groups is 1.